The van der Waals surface area contributed by atoms with Crippen molar-refractivity contribution in [1.29, 1.82) is 5.26 Å². The molecule has 0 N–H and O–H groups in total. The molecule has 2 rings (SSSR count). The van der Waals surface area contributed by atoms with E-state index in [2.05, 4.69) is 11.1 Å². The largest absolute Gasteiger partial charge is 0.456 e. The number of pyridine rings is 1. The van der Waals surface area contributed by atoms with Gasteiger partial charge in [-0.25, -0.2) is 0 Å². The van der Waals surface area contributed by atoms with E-state index in [1.165, 1.54) is 0 Å². The monoisotopic (exact) mass is 272 g/mol. The van der Waals surface area contributed by atoms with E-state index in [1.807, 2.05) is 19.9 Å². The van der Waals surface area contributed by atoms with Crippen molar-refractivity contribution < 1.29 is 4.74 Å². The Balaban J connectivity index is 2.43. The van der Waals surface area contributed by atoms with E-state index in [1.54, 1.807) is 25.1 Å². The molecule has 0 aliphatic rings. The minimum absolute atomic E-state index is 0.457. The molecule has 0 saturated carbocycles. The number of benzene rings is 1. The number of aryl methyl sites for hydroxylation is 3. The molecule has 0 atom stereocenters. The molecule has 0 radical (unpaired) electrons. The summed E-state index contributed by atoms with van der Waals surface area (Å²) in [6.07, 6.45) is 0. The molecule has 1 heterocycles. The van der Waals surface area contributed by atoms with Crippen molar-refractivity contribution in [2.24, 2.45) is 0 Å². The molecule has 96 valence electrons. The normalized spacial score (nSPS) is 10.1. The van der Waals surface area contributed by atoms with Crippen molar-refractivity contribution in [2.75, 3.05) is 0 Å². The van der Waals surface area contributed by atoms with Crippen molar-refractivity contribution in [3.05, 3.63) is 51.8 Å². The second-order valence-electron chi connectivity index (χ2n) is 4.35. The number of halogens is 1. The Labute approximate surface area is 117 Å². The Morgan fingerprint density at radius 2 is 1.95 bits per heavy atom. The molecule has 0 unspecified atom stereocenters. The first-order chi connectivity index (χ1) is 9.01. The molecule has 2 aromatic rings. The zero-order valence-electron chi connectivity index (χ0n) is 11.0. The highest BCUT2D eigenvalue weighted by Crippen LogP contribution is 2.29. The van der Waals surface area contributed by atoms with Crippen LogP contribution < -0.4 is 4.74 Å². The first kappa shape index (κ1) is 13.4. The first-order valence-electron chi connectivity index (χ1n) is 5.83. The highest BCUT2D eigenvalue weighted by molar-refractivity contribution is 6.31. The molecule has 0 spiro atoms. The molecule has 1 aromatic carbocycles. The summed E-state index contributed by atoms with van der Waals surface area (Å²) in [4.78, 5) is 4.25. The fourth-order valence-electron chi connectivity index (χ4n) is 1.82. The Bertz CT molecular complexity index is 675. The summed E-state index contributed by atoms with van der Waals surface area (Å²) in [5, 5.41) is 9.87. The van der Waals surface area contributed by atoms with Crippen LogP contribution in [0.4, 0.5) is 0 Å². The van der Waals surface area contributed by atoms with Crippen LogP contribution in [0.3, 0.4) is 0 Å². The van der Waals surface area contributed by atoms with Crippen molar-refractivity contribution in [3.8, 4) is 17.6 Å². The van der Waals surface area contributed by atoms with Crippen LogP contribution in [0.5, 0.6) is 11.5 Å². The average molecular weight is 273 g/mol. The van der Waals surface area contributed by atoms with Crippen molar-refractivity contribution in [2.45, 2.75) is 20.8 Å². The van der Waals surface area contributed by atoms with Crippen molar-refractivity contribution in [3.63, 3.8) is 0 Å². The molecule has 0 saturated heterocycles. The maximum Gasteiger partial charge on any atom is 0.148 e. The van der Waals surface area contributed by atoms with Gasteiger partial charge in [0.25, 0.3) is 0 Å². The van der Waals surface area contributed by atoms with Gasteiger partial charge < -0.3 is 4.74 Å². The third kappa shape index (κ3) is 2.86. The van der Waals surface area contributed by atoms with Gasteiger partial charge >= 0.3 is 0 Å². The second-order valence-corrected chi connectivity index (χ2v) is 4.75. The summed E-state index contributed by atoms with van der Waals surface area (Å²) in [5.41, 5.74) is 2.87. The maximum absolute atomic E-state index is 9.18. The van der Waals surface area contributed by atoms with Crippen LogP contribution in [0.1, 0.15) is 22.5 Å². The predicted octanol–water partition coefficient (Wildman–Crippen LogP) is 4.32. The van der Waals surface area contributed by atoms with Crippen molar-refractivity contribution >= 4 is 11.6 Å². The van der Waals surface area contributed by atoms with Crippen molar-refractivity contribution in [1.82, 2.24) is 4.98 Å². The van der Waals surface area contributed by atoms with Gasteiger partial charge in [-0.1, -0.05) is 11.6 Å². The number of aromatic nitrogens is 1. The second kappa shape index (κ2) is 5.29. The van der Waals surface area contributed by atoms with Crippen LogP contribution >= 0.6 is 11.6 Å². The fourth-order valence-corrected chi connectivity index (χ4v) is 1.93. The van der Waals surface area contributed by atoms with E-state index in [4.69, 9.17) is 16.3 Å². The SMILES string of the molecule is Cc1cc(Oc2ccc(Cl)c(C)c2)c(C#N)c(C)n1. The molecule has 3 nitrogen and oxygen atoms in total. The molecule has 0 fully saturated rings. The van der Waals surface area contributed by atoms with E-state index in [0.717, 1.165) is 11.3 Å². The summed E-state index contributed by atoms with van der Waals surface area (Å²) in [7, 11) is 0. The summed E-state index contributed by atoms with van der Waals surface area (Å²) in [6, 6.07) is 9.28. The lowest BCUT2D eigenvalue weighted by Crippen LogP contribution is -1.96. The van der Waals surface area contributed by atoms with Gasteiger partial charge in [-0.3, -0.25) is 4.98 Å². The van der Waals surface area contributed by atoms with Gasteiger partial charge in [-0.15, -0.1) is 0 Å². The van der Waals surface area contributed by atoms with Gasteiger partial charge in [0.2, 0.25) is 0 Å². The van der Waals surface area contributed by atoms with Crippen LogP contribution in [0.25, 0.3) is 0 Å². The third-order valence-corrected chi connectivity index (χ3v) is 3.19. The maximum atomic E-state index is 9.18. The molecule has 19 heavy (non-hydrogen) atoms. The van der Waals surface area contributed by atoms with Gasteiger partial charge in [0.15, 0.2) is 0 Å². The lowest BCUT2D eigenvalue weighted by atomic mass is 10.2. The number of nitrogens with zero attached hydrogens (tertiary/aromatic N) is 2. The van der Waals surface area contributed by atoms with E-state index in [-0.39, 0.29) is 0 Å². The standard InChI is InChI=1S/C15H13ClN2O/c1-9-6-12(4-5-14(9)16)19-15-7-10(2)18-11(3)13(15)8-17/h4-7H,1-3H3. The van der Waals surface area contributed by atoms with Gasteiger partial charge in [0.1, 0.15) is 23.1 Å². The molecule has 0 aliphatic carbocycles. The number of hydrogen-bond acceptors (Lipinski definition) is 3. The summed E-state index contributed by atoms with van der Waals surface area (Å²) in [5.74, 6) is 1.18. The van der Waals surface area contributed by atoms with Crippen LogP contribution in [0.15, 0.2) is 24.3 Å². The summed E-state index contributed by atoms with van der Waals surface area (Å²) in [6.45, 7) is 5.57. The summed E-state index contributed by atoms with van der Waals surface area (Å²) < 4.78 is 5.78. The zero-order valence-corrected chi connectivity index (χ0v) is 11.7. The number of ether oxygens (including phenoxy) is 1. The van der Waals surface area contributed by atoms with Crippen LogP contribution in [-0.2, 0) is 0 Å². The van der Waals surface area contributed by atoms with Gasteiger partial charge in [-0.2, -0.15) is 5.26 Å². The van der Waals surface area contributed by atoms with Crippen LogP contribution in [-0.4, -0.2) is 4.98 Å². The van der Waals surface area contributed by atoms with Gasteiger partial charge in [0, 0.05) is 16.8 Å². The molecule has 0 aliphatic heterocycles. The van der Waals surface area contributed by atoms with Crippen LogP contribution in [0, 0.1) is 32.1 Å². The van der Waals surface area contributed by atoms with E-state index >= 15 is 0 Å². The highest BCUT2D eigenvalue weighted by atomic mass is 35.5. The minimum atomic E-state index is 0.457. The lowest BCUT2D eigenvalue weighted by molar-refractivity contribution is 0.478. The molecule has 0 amide bonds. The zero-order chi connectivity index (χ0) is 14.0. The Morgan fingerprint density at radius 1 is 1.21 bits per heavy atom. The smallest absolute Gasteiger partial charge is 0.148 e. The molecular weight excluding hydrogens is 260 g/mol. The van der Waals surface area contributed by atoms with E-state index < -0.39 is 0 Å². The van der Waals surface area contributed by atoms with Gasteiger partial charge in [-0.05, 0) is 44.5 Å². The Morgan fingerprint density at radius 3 is 2.58 bits per heavy atom. The molecule has 1 aromatic heterocycles. The topological polar surface area (TPSA) is 45.9 Å². The summed E-state index contributed by atoms with van der Waals surface area (Å²) >= 11 is 5.97. The van der Waals surface area contributed by atoms with Gasteiger partial charge in [0.05, 0.1) is 5.69 Å². The number of rotatable bonds is 2. The highest BCUT2D eigenvalue weighted by Gasteiger charge is 2.10. The quantitative estimate of drug-likeness (QED) is 0.818. The first-order valence-corrected chi connectivity index (χ1v) is 6.21. The third-order valence-electron chi connectivity index (χ3n) is 2.76. The minimum Gasteiger partial charge on any atom is -0.456 e. The molecule has 0 bridgehead atoms. The molecule has 4 heteroatoms. The van der Waals surface area contributed by atoms with Crippen LogP contribution in [0.2, 0.25) is 5.02 Å². The number of nitriles is 1. The Kier molecular flexibility index (Phi) is 3.73. The molecular formula is C15H13ClN2O. The van der Waals surface area contributed by atoms with E-state index in [9.17, 15) is 5.26 Å². The fraction of sp³-hybridized carbons (Fsp3) is 0.200. The Hall–Kier alpha value is -2.05. The predicted molar refractivity (Wildman–Crippen MR) is 74.7 cm³/mol. The number of hydrogen-bond donors (Lipinski definition) is 0. The lowest BCUT2D eigenvalue weighted by Gasteiger charge is -2.10. The van der Waals surface area contributed by atoms with E-state index in [0.29, 0.717) is 27.8 Å². The average Bonchev–Trinajstić information content (AvgIpc) is 2.33.